The summed E-state index contributed by atoms with van der Waals surface area (Å²) < 4.78 is 62.0. The van der Waals surface area contributed by atoms with Crippen LogP contribution in [-0.2, 0) is 31.7 Å². The Bertz CT molecular complexity index is 957. The lowest BCUT2D eigenvalue weighted by molar-refractivity contribution is -0.184. The smallest absolute Gasteiger partial charge is 0.416 e. The number of fused-ring (bicyclic) bond motifs is 1. The molecular weight excluding hydrogens is 439 g/mol. The number of hydrogen-bond donors (Lipinski definition) is 1. The third kappa shape index (κ3) is 5.92. The standard InChI is InChI=1S/C24H26F3NO5/c1-23(2,29)31-13-12-18-20(30-14-15-6-4-3-5-7-15)19-22(32-18)33-21(28-19)16-8-10-17(11-9-16)24(25,26)27/h3-11,18-20,22,29H,12-14H2,1-2H3/t18?,19-,20-,22-/m1/s1. The Kier molecular flexibility index (Phi) is 6.76. The molecule has 2 aromatic rings. The molecule has 33 heavy (non-hydrogen) atoms. The summed E-state index contributed by atoms with van der Waals surface area (Å²) in [7, 11) is 0. The largest absolute Gasteiger partial charge is 0.445 e. The molecule has 2 aliphatic rings. The number of alkyl halides is 3. The van der Waals surface area contributed by atoms with Gasteiger partial charge in [0.2, 0.25) is 12.2 Å². The maximum Gasteiger partial charge on any atom is 0.416 e. The fraction of sp³-hybridized carbons (Fsp3) is 0.458. The van der Waals surface area contributed by atoms with Crippen LogP contribution in [0.5, 0.6) is 0 Å². The summed E-state index contributed by atoms with van der Waals surface area (Å²) in [6, 6.07) is 13.8. The molecule has 2 heterocycles. The van der Waals surface area contributed by atoms with Crippen molar-refractivity contribution in [1.82, 2.24) is 0 Å². The van der Waals surface area contributed by atoms with E-state index in [4.69, 9.17) is 18.9 Å². The third-order valence-electron chi connectivity index (χ3n) is 5.39. The Morgan fingerprint density at radius 2 is 1.73 bits per heavy atom. The number of aliphatic imine (C=N–C) groups is 1. The van der Waals surface area contributed by atoms with Crippen LogP contribution in [-0.4, -0.2) is 47.9 Å². The molecule has 0 saturated carbocycles. The molecule has 6 nitrogen and oxygen atoms in total. The zero-order chi connectivity index (χ0) is 23.6. The molecule has 0 bridgehead atoms. The number of nitrogens with zero attached hydrogens (tertiary/aromatic N) is 1. The van der Waals surface area contributed by atoms with Crippen LogP contribution in [0, 0.1) is 0 Å². The number of ether oxygens (including phenoxy) is 4. The van der Waals surface area contributed by atoms with Crippen molar-refractivity contribution in [3.05, 3.63) is 71.3 Å². The van der Waals surface area contributed by atoms with Gasteiger partial charge in [0.25, 0.3) is 0 Å². The predicted molar refractivity (Wildman–Crippen MR) is 113 cm³/mol. The highest BCUT2D eigenvalue weighted by Gasteiger charge is 2.50. The first kappa shape index (κ1) is 23.7. The SMILES string of the molecule is CC(C)(O)OCCC1O[C@@H]2OC(c3ccc(C(F)(F)F)cc3)=N[C@@H]2[C@@H]1OCc1ccccc1. The third-order valence-corrected chi connectivity index (χ3v) is 5.39. The second-order valence-electron chi connectivity index (χ2n) is 8.51. The highest BCUT2D eigenvalue weighted by atomic mass is 19.4. The Morgan fingerprint density at radius 3 is 2.36 bits per heavy atom. The van der Waals surface area contributed by atoms with Crippen molar-refractivity contribution in [3.8, 4) is 0 Å². The maximum atomic E-state index is 12.9. The predicted octanol–water partition coefficient (Wildman–Crippen LogP) is 4.30. The van der Waals surface area contributed by atoms with E-state index in [9.17, 15) is 18.3 Å². The molecule has 2 aromatic carbocycles. The van der Waals surface area contributed by atoms with Gasteiger partial charge in [-0.15, -0.1) is 0 Å². The van der Waals surface area contributed by atoms with E-state index in [1.54, 1.807) is 13.8 Å². The van der Waals surface area contributed by atoms with Gasteiger partial charge in [-0.2, -0.15) is 13.2 Å². The van der Waals surface area contributed by atoms with Gasteiger partial charge in [-0.3, -0.25) is 0 Å². The molecule has 1 fully saturated rings. The summed E-state index contributed by atoms with van der Waals surface area (Å²) >= 11 is 0. The zero-order valence-electron chi connectivity index (χ0n) is 18.3. The molecule has 0 aliphatic carbocycles. The van der Waals surface area contributed by atoms with Crippen molar-refractivity contribution >= 4 is 5.90 Å². The molecule has 0 amide bonds. The van der Waals surface area contributed by atoms with E-state index in [1.807, 2.05) is 30.3 Å². The van der Waals surface area contributed by atoms with Crippen LogP contribution in [0.15, 0.2) is 59.6 Å². The van der Waals surface area contributed by atoms with Gasteiger partial charge in [0.15, 0.2) is 5.79 Å². The van der Waals surface area contributed by atoms with Crippen LogP contribution in [0.2, 0.25) is 0 Å². The number of hydrogen-bond acceptors (Lipinski definition) is 6. The van der Waals surface area contributed by atoms with Gasteiger partial charge in [-0.25, -0.2) is 4.99 Å². The van der Waals surface area contributed by atoms with E-state index in [0.717, 1.165) is 17.7 Å². The van der Waals surface area contributed by atoms with E-state index in [-0.39, 0.29) is 18.6 Å². The minimum atomic E-state index is -4.41. The molecule has 4 rings (SSSR count). The fourth-order valence-corrected chi connectivity index (χ4v) is 3.79. The summed E-state index contributed by atoms with van der Waals surface area (Å²) in [5, 5.41) is 9.79. The van der Waals surface area contributed by atoms with Crippen molar-refractivity contribution in [3.63, 3.8) is 0 Å². The van der Waals surface area contributed by atoms with Crippen molar-refractivity contribution in [2.45, 2.75) is 63.4 Å². The Balaban J connectivity index is 1.48. The minimum Gasteiger partial charge on any atom is -0.445 e. The van der Waals surface area contributed by atoms with E-state index >= 15 is 0 Å². The van der Waals surface area contributed by atoms with Crippen molar-refractivity contribution in [2.75, 3.05) is 6.61 Å². The Morgan fingerprint density at radius 1 is 1.03 bits per heavy atom. The first-order chi connectivity index (χ1) is 15.6. The topological polar surface area (TPSA) is 69.5 Å². The summed E-state index contributed by atoms with van der Waals surface area (Å²) in [4.78, 5) is 4.59. The van der Waals surface area contributed by atoms with Gasteiger partial charge in [0.1, 0.15) is 12.1 Å². The zero-order valence-corrected chi connectivity index (χ0v) is 18.3. The molecule has 2 aliphatic heterocycles. The van der Waals surface area contributed by atoms with Gasteiger partial charge in [0.05, 0.1) is 24.9 Å². The molecule has 1 saturated heterocycles. The maximum absolute atomic E-state index is 12.9. The van der Waals surface area contributed by atoms with Gasteiger partial charge < -0.3 is 24.1 Å². The molecule has 178 valence electrons. The quantitative estimate of drug-likeness (QED) is 0.589. The highest BCUT2D eigenvalue weighted by molar-refractivity contribution is 5.95. The summed E-state index contributed by atoms with van der Waals surface area (Å²) in [6.45, 7) is 3.68. The van der Waals surface area contributed by atoms with Crippen LogP contribution in [0.1, 0.15) is 37.0 Å². The normalized spacial score (nSPS) is 25.0. The van der Waals surface area contributed by atoms with Gasteiger partial charge in [-0.05, 0) is 50.1 Å². The average Bonchev–Trinajstić information content (AvgIpc) is 3.30. The van der Waals surface area contributed by atoms with Gasteiger partial charge in [0, 0.05) is 5.56 Å². The monoisotopic (exact) mass is 465 g/mol. The van der Waals surface area contributed by atoms with Crippen LogP contribution < -0.4 is 0 Å². The number of rotatable bonds is 8. The average molecular weight is 465 g/mol. The number of benzene rings is 2. The summed E-state index contributed by atoms with van der Waals surface area (Å²) in [5.74, 6) is -1.04. The molecule has 1 unspecified atom stereocenters. The molecule has 0 aromatic heterocycles. The van der Waals surface area contributed by atoms with Gasteiger partial charge >= 0.3 is 6.18 Å². The summed E-state index contributed by atoms with van der Waals surface area (Å²) in [5.41, 5.74) is 0.681. The lowest BCUT2D eigenvalue weighted by Crippen LogP contribution is -2.34. The lowest BCUT2D eigenvalue weighted by atomic mass is 10.1. The van der Waals surface area contributed by atoms with Crippen molar-refractivity contribution in [1.29, 1.82) is 0 Å². The summed E-state index contributed by atoms with van der Waals surface area (Å²) in [6.07, 6.45) is -5.51. The van der Waals surface area contributed by atoms with Crippen LogP contribution in [0.4, 0.5) is 13.2 Å². The molecule has 9 heteroatoms. The highest BCUT2D eigenvalue weighted by Crippen LogP contribution is 2.36. The number of halogens is 3. The van der Waals surface area contributed by atoms with E-state index in [1.165, 1.54) is 12.1 Å². The second kappa shape index (κ2) is 9.42. The number of aliphatic hydroxyl groups is 1. The van der Waals surface area contributed by atoms with E-state index in [2.05, 4.69) is 4.99 Å². The van der Waals surface area contributed by atoms with Gasteiger partial charge in [-0.1, -0.05) is 30.3 Å². The minimum absolute atomic E-state index is 0.221. The Labute approximate surface area is 189 Å². The van der Waals surface area contributed by atoms with Crippen molar-refractivity contribution < 1.29 is 37.2 Å². The molecule has 0 spiro atoms. The Hall–Kier alpha value is -2.46. The molecular formula is C24H26F3NO5. The van der Waals surface area contributed by atoms with Crippen LogP contribution in [0.25, 0.3) is 0 Å². The van der Waals surface area contributed by atoms with Crippen LogP contribution >= 0.6 is 0 Å². The second-order valence-corrected chi connectivity index (χ2v) is 8.51. The van der Waals surface area contributed by atoms with Crippen molar-refractivity contribution in [2.24, 2.45) is 4.99 Å². The molecule has 1 N–H and O–H groups in total. The fourth-order valence-electron chi connectivity index (χ4n) is 3.79. The van der Waals surface area contributed by atoms with Crippen LogP contribution in [0.3, 0.4) is 0 Å². The first-order valence-electron chi connectivity index (χ1n) is 10.7. The molecule has 0 radical (unpaired) electrons. The van der Waals surface area contributed by atoms with E-state index < -0.39 is 36.0 Å². The van der Waals surface area contributed by atoms with E-state index in [0.29, 0.717) is 18.6 Å². The first-order valence-corrected chi connectivity index (χ1v) is 10.7. The lowest BCUT2D eigenvalue weighted by Gasteiger charge is -2.23. The molecule has 4 atom stereocenters.